The zero-order chi connectivity index (χ0) is 48.3. The number of hydrogen-bond donors (Lipinski definition) is 1. The van der Waals surface area contributed by atoms with Crippen molar-refractivity contribution < 1.29 is 38.4 Å². The van der Waals surface area contributed by atoms with Crippen LogP contribution in [0.2, 0.25) is 0 Å². The lowest BCUT2D eigenvalue weighted by molar-refractivity contribution is 0.0933. The molecule has 0 bridgehead atoms. The molecular weight excluding hydrogens is 966 g/mol. The van der Waals surface area contributed by atoms with Crippen LogP contribution in [0.1, 0.15) is 45.5 Å². The van der Waals surface area contributed by atoms with Gasteiger partial charge in [-0.25, -0.2) is 0 Å². The molecule has 0 aromatic heterocycles. The van der Waals surface area contributed by atoms with Crippen molar-refractivity contribution in [3.63, 3.8) is 0 Å². The Morgan fingerprint density at radius 3 is 1.44 bits per heavy atom. The zero-order valence-electron chi connectivity index (χ0n) is 38.9. The molecule has 0 atom stereocenters. The fourth-order valence-electron chi connectivity index (χ4n) is 6.69. The highest BCUT2D eigenvalue weighted by Crippen LogP contribution is 2.28. The highest BCUT2D eigenvalue weighted by molar-refractivity contribution is 9.10. The van der Waals surface area contributed by atoms with E-state index in [0.29, 0.717) is 50.5 Å². The van der Waals surface area contributed by atoms with Gasteiger partial charge in [0.05, 0.1) is 49.2 Å². The summed E-state index contributed by atoms with van der Waals surface area (Å²) in [7, 11) is 9.86. The molecular formula is C53H63Br2N3O8. The summed E-state index contributed by atoms with van der Waals surface area (Å²) in [5, 5.41) is 13.0. The molecule has 0 spiro atoms. The first-order valence-electron chi connectivity index (χ1n) is 21.2. The molecule has 11 nitrogen and oxygen atoms in total. The summed E-state index contributed by atoms with van der Waals surface area (Å²) in [6, 6.07) is 32.5. The van der Waals surface area contributed by atoms with Gasteiger partial charge in [0.2, 0.25) is 0 Å². The van der Waals surface area contributed by atoms with E-state index in [1.54, 1.807) is 48.7 Å². The van der Waals surface area contributed by atoms with Crippen molar-refractivity contribution in [3.05, 3.63) is 178 Å². The average Bonchev–Trinajstić information content (AvgIpc) is 3.34. The van der Waals surface area contributed by atoms with E-state index in [9.17, 15) is 10.0 Å². The number of aryl methyl sites for hydroxylation is 1. The number of nitrogens with zero attached hydrogens (tertiary/aromatic N) is 3. The highest BCUT2D eigenvalue weighted by Gasteiger charge is 2.17. The van der Waals surface area contributed by atoms with E-state index in [1.807, 2.05) is 114 Å². The van der Waals surface area contributed by atoms with E-state index in [1.165, 1.54) is 5.56 Å². The standard InChI is InChI=1S/C20H23BrN2O3.C20H22BrNO3.C13H18O2/c1-4-10-23(13-16-8-9-18(25-2)12-20(16)26-3)14-19(22-24)15-6-5-7-17(21)11-15;1-4-10-22(14-19(23)15-6-5-7-17(21)11-15)13-16-8-9-18(24-2)12-20(16)25-3;1-4-5-6-7-11-8-9-12(14-2)10-13(11)15-3/h4-9,11-12,24H,1,10,13-14H2,2-3H3;4-9,11-12H,1,10,13-14H2,2-3H3;4,8-10H,1,5-7H2,2-3H3. The first kappa shape index (κ1) is 54.5. The van der Waals surface area contributed by atoms with Gasteiger partial charge in [0.25, 0.3) is 0 Å². The molecule has 0 saturated carbocycles. The van der Waals surface area contributed by atoms with Crippen molar-refractivity contribution in [2.24, 2.45) is 5.16 Å². The summed E-state index contributed by atoms with van der Waals surface area (Å²) < 4.78 is 33.7. The number of benzene rings is 5. The molecule has 1 N–H and O–H groups in total. The van der Waals surface area contributed by atoms with E-state index in [0.717, 1.165) is 79.4 Å². The Hall–Kier alpha value is -5.86. The van der Waals surface area contributed by atoms with Gasteiger partial charge < -0.3 is 33.6 Å². The number of ketones is 1. The molecule has 0 radical (unpaired) electrons. The lowest BCUT2D eigenvalue weighted by Crippen LogP contribution is -2.30. The maximum absolute atomic E-state index is 12.6. The topological polar surface area (TPSA) is 112 Å². The molecule has 0 unspecified atom stereocenters. The number of Topliss-reactive ketones (excluding diaryl/α,β-unsaturated/α-hetero) is 1. The lowest BCUT2D eigenvalue weighted by Gasteiger charge is -2.22. The van der Waals surface area contributed by atoms with Crippen molar-refractivity contribution in [1.82, 2.24) is 9.80 Å². The number of hydrogen-bond acceptors (Lipinski definition) is 11. The number of oxime groups is 1. The van der Waals surface area contributed by atoms with E-state index in [4.69, 9.17) is 28.4 Å². The van der Waals surface area contributed by atoms with E-state index in [2.05, 4.69) is 67.7 Å². The number of carbonyl (C=O) groups excluding carboxylic acids is 1. The van der Waals surface area contributed by atoms with Crippen molar-refractivity contribution >= 4 is 43.4 Å². The molecule has 0 aliphatic rings. The van der Waals surface area contributed by atoms with Gasteiger partial charge in [0.15, 0.2) is 5.78 Å². The van der Waals surface area contributed by atoms with Gasteiger partial charge in [-0.3, -0.25) is 14.6 Å². The maximum atomic E-state index is 12.6. The average molecular weight is 1030 g/mol. The third-order valence-corrected chi connectivity index (χ3v) is 11.1. The molecule has 5 aromatic rings. The Morgan fingerprint density at radius 1 is 0.576 bits per heavy atom. The number of methoxy groups -OCH3 is 6. The highest BCUT2D eigenvalue weighted by atomic mass is 79.9. The Morgan fingerprint density at radius 2 is 1.02 bits per heavy atom. The fourth-order valence-corrected chi connectivity index (χ4v) is 7.49. The second kappa shape index (κ2) is 30.4. The van der Waals surface area contributed by atoms with Gasteiger partial charge >= 0.3 is 0 Å². The van der Waals surface area contributed by atoms with Crippen molar-refractivity contribution in [3.8, 4) is 34.5 Å². The Labute approximate surface area is 408 Å². The Kier molecular flexibility index (Phi) is 25.1. The molecule has 0 heterocycles. The molecule has 0 aliphatic carbocycles. The normalized spacial score (nSPS) is 10.7. The van der Waals surface area contributed by atoms with E-state index < -0.39 is 0 Å². The molecule has 0 saturated heterocycles. The molecule has 0 amide bonds. The quantitative estimate of drug-likeness (QED) is 0.0160. The van der Waals surface area contributed by atoms with Gasteiger partial charge in [0, 0.05) is 82.1 Å². The summed E-state index contributed by atoms with van der Waals surface area (Å²) in [6.45, 7) is 14.6. The predicted octanol–water partition coefficient (Wildman–Crippen LogP) is 11.9. The van der Waals surface area contributed by atoms with Crippen LogP contribution < -0.4 is 28.4 Å². The van der Waals surface area contributed by atoms with Gasteiger partial charge in [-0.1, -0.05) is 97.7 Å². The van der Waals surface area contributed by atoms with Crippen LogP contribution in [-0.4, -0.2) is 95.3 Å². The van der Waals surface area contributed by atoms with Crippen LogP contribution in [0.4, 0.5) is 0 Å². The number of ether oxygens (including phenoxy) is 6. The first-order chi connectivity index (χ1) is 32.0. The van der Waals surface area contributed by atoms with Gasteiger partial charge in [-0.2, -0.15) is 0 Å². The lowest BCUT2D eigenvalue weighted by atomic mass is 10.1. The second-order valence-electron chi connectivity index (χ2n) is 14.6. The fraction of sp³-hybridized carbons (Fsp3) is 0.283. The molecule has 0 fully saturated rings. The van der Waals surface area contributed by atoms with Crippen molar-refractivity contribution in [2.45, 2.75) is 32.4 Å². The minimum atomic E-state index is 0.0654. The van der Waals surface area contributed by atoms with Crippen LogP contribution in [0.5, 0.6) is 34.5 Å². The molecule has 5 aromatic carbocycles. The predicted molar refractivity (Wildman–Crippen MR) is 274 cm³/mol. The molecule has 0 aliphatic heterocycles. The minimum Gasteiger partial charge on any atom is -0.497 e. The van der Waals surface area contributed by atoms with Crippen molar-refractivity contribution in [1.29, 1.82) is 0 Å². The van der Waals surface area contributed by atoms with Gasteiger partial charge in [0.1, 0.15) is 40.2 Å². The summed E-state index contributed by atoms with van der Waals surface area (Å²) in [5.41, 5.74) is 5.36. The summed E-state index contributed by atoms with van der Waals surface area (Å²) >= 11 is 6.85. The van der Waals surface area contributed by atoms with Gasteiger partial charge in [-0.15, -0.1) is 19.7 Å². The third-order valence-electron chi connectivity index (χ3n) is 10.1. The molecule has 66 heavy (non-hydrogen) atoms. The number of halogens is 2. The largest absolute Gasteiger partial charge is 0.497 e. The maximum Gasteiger partial charge on any atom is 0.176 e. The summed E-state index contributed by atoms with van der Waals surface area (Å²) in [4.78, 5) is 16.7. The van der Waals surface area contributed by atoms with Crippen LogP contribution in [0.3, 0.4) is 0 Å². The number of carbonyl (C=O) groups is 1. The SMILES string of the molecule is C=CCCCc1ccc(OC)cc1OC.C=CCN(CC(=NO)c1cccc(Br)c1)Cc1ccc(OC)cc1OC.C=CCN(CC(=O)c1cccc(Br)c1)Cc1ccc(OC)cc1OC. The van der Waals surface area contributed by atoms with E-state index in [-0.39, 0.29) is 5.78 Å². The Balaban J connectivity index is 0.000000273. The monoisotopic (exact) mass is 1030 g/mol. The van der Waals surface area contributed by atoms with Crippen LogP contribution in [0, 0.1) is 0 Å². The second-order valence-corrected chi connectivity index (χ2v) is 16.5. The smallest absolute Gasteiger partial charge is 0.176 e. The van der Waals surface area contributed by atoms with E-state index >= 15 is 0 Å². The Bertz CT molecular complexity index is 2340. The first-order valence-corrected chi connectivity index (χ1v) is 22.7. The van der Waals surface area contributed by atoms with Crippen LogP contribution in [0.15, 0.2) is 155 Å². The van der Waals surface area contributed by atoms with Crippen LogP contribution in [-0.2, 0) is 19.5 Å². The van der Waals surface area contributed by atoms with Gasteiger partial charge in [-0.05, 0) is 67.3 Å². The summed E-state index contributed by atoms with van der Waals surface area (Å²) in [6.07, 6.45) is 8.71. The molecule has 352 valence electrons. The summed E-state index contributed by atoms with van der Waals surface area (Å²) in [5.74, 6) is 4.77. The third kappa shape index (κ3) is 18.2. The van der Waals surface area contributed by atoms with Crippen LogP contribution >= 0.6 is 31.9 Å². The molecule has 13 heteroatoms. The number of allylic oxidation sites excluding steroid dienone is 1. The number of unbranched alkanes of at least 4 members (excludes halogenated alkanes) is 1. The number of rotatable bonds is 24. The molecule has 5 rings (SSSR count). The van der Waals surface area contributed by atoms with Crippen LogP contribution in [0.25, 0.3) is 0 Å². The van der Waals surface area contributed by atoms with Crippen molar-refractivity contribution in [2.75, 3.05) is 68.8 Å². The zero-order valence-corrected chi connectivity index (χ0v) is 42.1. The minimum absolute atomic E-state index is 0.0654.